The maximum Gasteiger partial charge on any atom is 0.455 e. The first kappa shape index (κ1) is 35.8. The lowest BCUT2D eigenvalue weighted by Crippen LogP contribution is -2.70. The average molecular weight is 673 g/mol. The number of anilines is 2. The van der Waals surface area contributed by atoms with E-state index in [2.05, 4.69) is 4.98 Å². The van der Waals surface area contributed by atoms with Crippen LogP contribution in [0.1, 0.15) is 17.3 Å². The van der Waals surface area contributed by atoms with Gasteiger partial charge in [-0.2, -0.15) is 97.8 Å². The number of hydrogen-bond donors (Lipinski definition) is 1. The second-order valence-corrected chi connectivity index (χ2v) is 8.16. The number of pyridine rings is 1. The minimum absolute atomic E-state index is 0.224. The van der Waals surface area contributed by atoms with Gasteiger partial charge in [-0.25, -0.2) is 9.97 Å². The Kier molecular flexibility index (Phi) is 8.36. The summed E-state index contributed by atoms with van der Waals surface area (Å²) in [6.45, 7) is 1.04. The van der Waals surface area contributed by atoms with E-state index in [1.54, 1.807) is 0 Å². The summed E-state index contributed by atoms with van der Waals surface area (Å²) in [6, 6.07) is 2.44. The molecule has 0 radical (unpaired) electrons. The van der Waals surface area contributed by atoms with E-state index < -0.39 is 77.2 Å². The Morgan fingerprint density at radius 2 is 0.837 bits per heavy atom. The van der Waals surface area contributed by atoms with Crippen molar-refractivity contribution in [1.82, 2.24) is 19.9 Å². The number of hydrogen-bond acceptors (Lipinski definition) is 5. The van der Waals surface area contributed by atoms with Crippen molar-refractivity contribution in [3.8, 4) is 0 Å². The van der Waals surface area contributed by atoms with Gasteiger partial charge >= 0.3 is 48.4 Å². The van der Waals surface area contributed by atoms with E-state index in [-0.39, 0.29) is 5.69 Å². The molecule has 1 N–H and O–H groups in total. The van der Waals surface area contributed by atoms with Crippen molar-refractivity contribution in [2.45, 2.75) is 60.7 Å². The Bertz CT molecular complexity index is 1260. The van der Waals surface area contributed by atoms with Crippen LogP contribution in [0.15, 0.2) is 18.2 Å². The molecule has 2 aromatic heterocycles. The number of nitrogens with zero attached hydrogens (tertiary/aromatic N) is 4. The second-order valence-electron chi connectivity index (χ2n) is 8.16. The molecule has 0 saturated heterocycles. The molecule has 0 aromatic carbocycles. The zero-order valence-electron chi connectivity index (χ0n) is 19.6. The highest BCUT2D eigenvalue weighted by Crippen LogP contribution is 2.64. The van der Waals surface area contributed by atoms with Gasteiger partial charge in [-0.1, -0.05) is 6.07 Å². The van der Waals surface area contributed by atoms with Crippen LogP contribution in [0.2, 0.25) is 0 Å². The van der Waals surface area contributed by atoms with Crippen molar-refractivity contribution in [2.24, 2.45) is 0 Å². The smallest absolute Gasteiger partial charge is 0.309 e. The maximum atomic E-state index is 14.3. The molecular weight excluding hydrogens is 666 g/mol. The molecule has 2 rings (SSSR count). The number of halogens is 20. The number of aryl methyl sites for hydroxylation is 1. The number of nitrogens with one attached hydrogen (secondary N) is 1. The van der Waals surface area contributed by atoms with Crippen molar-refractivity contribution in [1.29, 1.82) is 0 Å². The number of alkyl halides is 20. The van der Waals surface area contributed by atoms with Crippen LogP contribution in [0.4, 0.5) is 99.6 Å². The summed E-state index contributed by atoms with van der Waals surface area (Å²) in [5.74, 6) is -20.6. The molecule has 2 heterocycles. The first-order chi connectivity index (χ1) is 18.8. The van der Waals surface area contributed by atoms with E-state index in [0.29, 0.717) is 6.07 Å². The summed E-state index contributed by atoms with van der Waals surface area (Å²) >= 11 is 0. The van der Waals surface area contributed by atoms with Crippen molar-refractivity contribution in [3.63, 3.8) is 0 Å². The Morgan fingerprint density at radius 3 is 1.16 bits per heavy atom. The summed E-state index contributed by atoms with van der Waals surface area (Å²) in [5.41, 5.74) is -15.9. The van der Waals surface area contributed by atoms with Crippen molar-refractivity contribution >= 4 is 11.8 Å². The predicted octanol–water partition coefficient (Wildman–Crippen LogP) is 7.80. The van der Waals surface area contributed by atoms with Crippen LogP contribution < -0.4 is 5.32 Å². The van der Waals surface area contributed by atoms with Crippen molar-refractivity contribution in [2.75, 3.05) is 5.32 Å². The summed E-state index contributed by atoms with van der Waals surface area (Å²) in [4.78, 5) is 8.39. The zero-order valence-corrected chi connectivity index (χ0v) is 19.6. The first-order valence-corrected chi connectivity index (χ1v) is 10.1. The Balaban J connectivity index is 3.38. The Labute approximate surface area is 222 Å². The summed E-state index contributed by atoms with van der Waals surface area (Å²) in [7, 11) is 0. The van der Waals surface area contributed by atoms with Gasteiger partial charge < -0.3 is 5.32 Å². The maximum absolute atomic E-state index is 14.3. The standard InChI is InChI=1S/C18H7F20N5/c1-5-3-2-4-6(39-5)40-9-42-7(10(13(21,22)23,14(24,25)26)12(19,20)18(36,37)38)41-8(43-9)11(15(27,28)29,16(30,31)32)17(33,34)35/h2-4H,1H3,(H,39,40,41,42,43). The van der Waals surface area contributed by atoms with E-state index in [4.69, 9.17) is 0 Å². The van der Waals surface area contributed by atoms with Crippen LogP contribution in [0.3, 0.4) is 0 Å². The van der Waals surface area contributed by atoms with Crippen LogP contribution >= 0.6 is 0 Å². The van der Waals surface area contributed by atoms with Gasteiger partial charge in [-0.15, -0.1) is 0 Å². The minimum atomic E-state index is -8.31. The highest BCUT2D eigenvalue weighted by molar-refractivity contribution is 5.49. The lowest BCUT2D eigenvalue weighted by molar-refractivity contribution is -0.416. The third kappa shape index (κ3) is 5.42. The molecule has 25 heteroatoms. The van der Waals surface area contributed by atoms with E-state index in [0.717, 1.165) is 19.1 Å². The van der Waals surface area contributed by atoms with Crippen molar-refractivity contribution in [3.05, 3.63) is 35.5 Å². The Hall–Kier alpha value is -3.44. The molecule has 0 aliphatic rings. The molecular formula is C18H7F20N5. The third-order valence-electron chi connectivity index (χ3n) is 5.39. The quantitative estimate of drug-likeness (QED) is 0.329. The number of aromatic nitrogens is 4. The molecule has 0 fully saturated rings. The third-order valence-corrected chi connectivity index (χ3v) is 5.39. The minimum Gasteiger partial charge on any atom is -0.309 e. The monoisotopic (exact) mass is 673 g/mol. The predicted molar refractivity (Wildman–Crippen MR) is 96.7 cm³/mol. The molecule has 0 spiro atoms. The van der Waals surface area contributed by atoms with E-state index in [1.807, 2.05) is 9.97 Å². The van der Waals surface area contributed by atoms with Gasteiger partial charge in [0.2, 0.25) is 5.95 Å². The lowest BCUT2D eigenvalue weighted by Gasteiger charge is -2.42. The summed E-state index contributed by atoms with van der Waals surface area (Å²) in [5, 5.41) is 1.18. The normalized spacial score (nSPS) is 15.1. The van der Waals surface area contributed by atoms with E-state index >= 15 is 0 Å². The van der Waals surface area contributed by atoms with Crippen LogP contribution in [0.25, 0.3) is 0 Å². The SMILES string of the molecule is Cc1cccc(Nc2nc(C(C(F)(F)F)(C(F)(F)F)C(F)(F)F)nc(C(C(F)(F)F)(C(F)(F)F)C(F)(F)C(F)(F)F)n2)n1. The van der Waals surface area contributed by atoms with Gasteiger partial charge in [0.25, 0.3) is 5.41 Å². The van der Waals surface area contributed by atoms with Gasteiger partial charge in [-0.05, 0) is 19.1 Å². The van der Waals surface area contributed by atoms with Crippen LogP contribution in [-0.4, -0.2) is 62.9 Å². The summed E-state index contributed by atoms with van der Waals surface area (Å²) < 4.78 is 274. The zero-order chi connectivity index (χ0) is 34.0. The van der Waals surface area contributed by atoms with Gasteiger partial charge in [-0.3, -0.25) is 0 Å². The molecule has 43 heavy (non-hydrogen) atoms. The fraction of sp³-hybridized carbons (Fsp3) is 0.556. The van der Waals surface area contributed by atoms with E-state index in [1.165, 1.54) is 10.3 Å². The molecule has 2 aromatic rings. The fourth-order valence-corrected chi connectivity index (χ4v) is 3.48. The summed E-state index contributed by atoms with van der Waals surface area (Å²) in [6.07, 6.45) is -48.0. The Morgan fingerprint density at radius 1 is 0.465 bits per heavy atom. The second kappa shape index (κ2) is 10.1. The van der Waals surface area contributed by atoms with Crippen LogP contribution in [-0.2, 0) is 10.8 Å². The van der Waals surface area contributed by atoms with Gasteiger partial charge in [0.05, 0.1) is 0 Å². The molecule has 0 bridgehead atoms. The molecule has 0 amide bonds. The molecule has 0 unspecified atom stereocenters. The van der Waals surface area contributed by atoms with E-state index in [9.17, 15) is 87.8 Å². The largest absolute Gasteiger partial charge is 0.455 e. The first-order valence-electron chi connectivity index (χ1n) is 10.1. The van der Waals surface area contributed by atoms with Gasteiger partial charge in [0.1, 0.15) is 5.82 Å². The average Bonchev–Trinajstić information content (AvgIpc) is 2.67. The molecule has 0 aliphatic heterocycles. The topological polar surface area (TPSA) is 63.6 Å². The molecule has 5 nitrogen and oxygen atoms in total. The van der Waals surface area contributed by atoms with Gasteiger partial charge in [0, 0.05) is 5.69 Å². The fourth-order valence-electron chi connectivity index (χ4n) is 3.48. The number of rotatable bonds is 5. The highest BCUT2D eigenvalue weighted by atomic mass is 19.4. The van der Waals surface area contributed by atoms with Crippen LogP contribution in [0, 0.1) is 6.92 Å². The highest BCUT2D eigenvalue weighted by Gasteiger charge is 2.92. The molecule has 244 valence electrons. The lowest BCUT2D eigenvalue weighted by atomic mass is 9.77. The molecule has 0 aliphatic carbocycles. The molecule has 0 atom stereocenters. The van der Waals surface area contributed by atoms with Crippen molar-refractivity contribution < 1.29 is 87.8 Å². The van der Waals surface area contributed by atoms with Gasteiger partial charge in [0.15, 0.2) is 11.6 Å². The molecule has 0 saturated carbocycles. The van der Waals surface area contributed by atoms with Crippen LogP contribution in [0.5, 0.6) is 0 Å².